The highest BCUT2D eigenvalue weighted by atomic mass is 32.2. The van der Waals surface area contributed by atoms with Gasteiger partial charge in [0, 0.05) is 6.54 Å². The maximum atomic E-state index is 12.7. The van der Waals surface area contributed by atoms with Crippen molar-refractivity contribution in [1.82, 2.24) is 14.3 Å². The van der Waals surface area contributed by atoms with Crippen molar-refractivity contribution in [3.8, 4) is 0 Å². The third-order valence-electron chi connectivity index (χ3n) is 4.61. The number of amides is 2. The second kappa shape index (κ2) is 9.38. The highest BCUT2D eigenvalue weighted by molar-refractivity contribution is 7.87. The number of unbranched alkanes of at least 4 members (excludes halogenated alkanes) is 1. The van der Waals surface area contributed by atoms with Gasteiger partial charge in [0.05, 0.1) is 6.54 Å². The Morgan fingerprint density at radius 3 is 2.20 bits per heavy atom. The number of carboxylic acid groups (broad SMARTS) is 1. The normalized spacial score (nSPS) is 17.3. The van der Waals surface area contributed by atoms with Gasteiger partial charge in [0.15, 0.2) is 0 Å². The SMILES string of the molecule is CC(C)(C)OC(=O)NCCCC[C@@](NS(=O)(=O)N1CCOC1=O)(C(=O)O)C(C)(C)C. The lowest BCUT2D eigenvalue weighted by Gasteiger charge is -2.42. The summed E-state index contributed by atoms with van der Waals surface area (Å²) in [6, 6.07) is 0. The zero-order valence-corrected chi connectivity index (χ0v) is 19.2. The number of carbonyl (C=O) groups excluding carboxylic acids is 2. The van der Waals surface area contributed by atoms with E-state index in [2.05, 4.69) is 14.8 Å². The predicted octanol–water partition coefficient (Wildman–Crippen LogP) is 1.84. The number of hydrogen-bond donors (Lipinski definition) is 3. The molecule has 0 radical (unpaired) electrons. The quantitative estimate of drug-likeness (QED) is 0.449. The van der Waals surface area contributed by atoms with E-state index >= 15 is 0 Å². The molecule has 1 saturated heterocycles. The molecule has 0 aromatic carbocycles. The zero-order valence-electron chi connectivity index (χ0n) is 18.4. The Morgan fingerprint density at radius 1 is 1.17 bits per heavy atom. The minimum Gasteiger partial charge on any atom is -0.480 e. The second-order valence-electron chi connectivity index (χ2n) is 9.14. The van der Waals surface area contributed by atoms with Crippen molar-refractivity contribution >= 4 is 28.4 Å². The van der Waals surface area contributed by atoms with Crippen molar-refractivity contribution in [3.05, 3.63) is 0 Å². The van der Waals surface area contributed by atoms with Gasteiger partial charge in [0.25, 0.3) is 0 Å². The van der Waals surface area contributed by atoms with Crippen LogP contribution < -0.4 is 10.0 Å². The molecule has 1 fully saturated rings. The summed E-state index contributed by atoms with van der Waals surface area (Å²) in [6.07, 6.45) is -0.984. The summed E-state index contributed by atoms with van der Waals surface area (Å²) in [5, 5.41) is 12.5. The number of carbonyl (C=O) groups is 3. The van der Waals surface area contributed by atoms with Gasteiger partial charge in [-0.1, -0.05) is 20.8 Å². The molecule has 2 amide bonds. The summed E-state index contributed by atoms with van der Waals surface area (Å²) in [7, 11) is -4.43. The van der Waals surface area contributed by atoms with Crippen molar-refractivity contribution in [2.45, 2.75) is 71.9 Å². The smallest absolute Gasteiger partial charge is 0.424 e. The number of nitrogens with zero attached hydrogens (tertiary/aromatic N) is 1. The fraction of sp³-hybridized carbons (Fsp3) is 0.833. The summed E-state index contributed by atoms with van der Waals surface area (Å²) in [5.41, 5.74) is -3.53. The number of carboxylic acids is 1. The Kier molecular flexibility index (Phi) is 8.11. The summed E-state index contributed by atoms with van der Waals surface area (Å²) >= 11 is 0. The van der Waals surface area contributed by atoms with Gasteiger partial charge in [-0.05, 0) is 45.4 Å². The lowest BCUT2D eigenvalue weighted by molar-refractivity contribution is -0.149. The van der Waals surface area contributed by atoms with Crippen molar-refractivity contribution in [2.24, 2.45) is 5.41 Å². The molecule has 1 heterocycles. The van der Waals surface area contributed by atoms with E-state index in [9.17, 15) is 27.9 Å². The Morgan fingerprint density at radius 2 is 1.77 bits per heavy atom. The van der Waals surface area contributed by atoms with E-state index in [1.807, 2.05) is 0 Å². The van der Waals surface area contributed by atoms with Crippen LogP contribution in [0.25, 0.3) is 0 Å². The maximum Gasteiger partial charge on any atom is 0.424 e. The third kappa shape index (κ3) is 6.73. The molecule has 0 aromatic rings. The monoisotopic (exact) mass is 451 g/mol. The van der Waals surface area contributed by atoms with E-state index in [4.69, 9.17) is 4.74 Å². The third-order valence-corrected chi connectivity index (χ3v) is 6.13. The van der Waals surface area contributed by atoms with E-state index in [-0.39, 0.29) is 26.1 Å². The molecule has 0 spiro atoms. The molecule has 30 heavy (non-hydrogen) atoms. The first-order valence-corrected chi connectivity index (χ1v) is 11.1. The molecule has 12 heteroatoms. The van der Waals surface area contributed by atoms with Crippen LogP contribution in [-0.2, 0) is 24.5 Å². The standard InChI is InChI=1S/C18H33N3O8S/c1-16(2,3)18(13(22)23,20-30(26,27)21-11-12-28-15(21)25)9-7-8-10-19-14(24)29-17(4,5)6/h20H,7-12H2,1-6H3,(H,19,24)(H,22,23)/t18-/m1/s1. The van der Waals surface area contributed by atoms with Crippen LogP contribution in [0.15, 0.2) is 0 Å². The maximum absolute atomic E-state index is 12.7. The van der Waals surface area contributed by atoms with E-state index in [1.165, 1.54) is 0 Å². The number of alkyl carbamates (subject to hydrolysis) is 1. The number of cyclic esters (lactones) is 1. The van der Waals surface area contributed by atoms with Gasteiger partial charge < -0.3 is 19.9 Å². The Balaban J connectivity index is 2.86. The van der Waals surface area contributed by atoms with Gasteiger partial charge >= 0.3 is 28.4 Å². The number of hydrogen-bond acceptors (Lipinski definition) is 7. The molecule has 0 saturated carbocycles. The molecule has 174 valence electrons. The number of nitrogens with one attached hydrogen (secondary N) is 2. The van der Waals surface area contributed by atoms with Gasteiger partial charge in [0.1, 0.15) is 17.7 Å². The summed E-state index contributed by atoms with van der Waals surface area (Å²) < 4.78 is 37.9. The fourth-order valence-corrected chi connectivity index (χ4v) is 4.55. The molecule has 0 unspecified atom stereocenters. The van der Waals surface area contributed by atoms with Gasteiger partial charge in [-0.2, -0.15) is 17.4 Å². The van der Waals surface area contributed by atoms with E-state index in [0.717, 1.165) is 0 Å². The summed E-state index contributed by atoms with van der Waals surface area (Å²) in [5.74, 6) is -1.36. The molecule has 1 aliphatic heterocycles. The van der Waals surface area contributed by atoms with Gasteiger partial charge in [-0.3, -0.25) is 4.79 Å². The van der Waals surface area contributed by atoms with Crippen LogP contribution in [0.4, 0.5) is 9.59 Å². The van der Waals surface area contributed by atoms with E-state index in [1.54, 1.807) is 41.5 Å². The predicted molar refractivity (Wildman–Crippen MR) is 108 cm³/mol. The van der Waals surface area contributed by atoms with Crippen molar-refractivity contribution in [1.29, 1.82) is 0 Å². The van der Waals surface area contributed by atoms with Crippen molar-refractivity contribution < 1.29 is 37.4 Å². The first-order valence-electron chi connectivity index (χ1n) is 9.70. The Labute approximate surface area is 177 Å². The second-order valence-corrected chi connectivity index (χ2v) is 10.7. The molecule has 11 nitrogen and oxygen atoms in total. The molecule has 1 atom stereocenters. The van der Waals surface area contributed by atoms with Crippen LogP contribution in [0.2, 0.25) is 0 Å². The van der Waals surface area contributed by atoms with E-state index in [0.29, 0.717) is 17.1 Å². The van der Waals surface area contributed by atoms with E-state index < -0.39 is 44.9 Å². The topological polar surface area (TPSA) is 151 Å². The van der Waals surface area contributed by atoms with Crippen LogP contribution in [0.3, 0.4) is 0 Å². The van der Waals surface area contributed by atoms with Crippen LogP contribution in [0, 0.1) is 5.41 Å². The molecule has 3 N–H and O–H groups in total. The highest BCUT2D eigenvalue weighted by Crippen LogP contribution is 2.36. The average molecular weight is 452 g/mol. The minimum absolute atomic E-state index is 0.0516. The van der Waals surface area contributed by atoms with Crippen LogP contribution >= 0.6 is 0 Å². The van der Waals surface area contributed by atoms with Gasteiger partial charge in [-0.15, -0.1) is 0 Å². The average Bonchev–Trinajstić information content (AvgIpc) is 2.97. The molecule has 0 bridgehead atoms. The first kappa shape index (κ1) is 26.0. The van der Waals surface area contributed by atoms with Gasteiger partial charge in [-0.25, -0.2) is 9.59 Å². The van der Waals surface area contributed by atoms with Crippen molar-refractivity contribution in [2.75, 3.05) is 19.7 Å². The lowest BCUT2D eigenvalue weighted by atomic mass is 9.71. The Hall–Kier alpha value is -2.08. The number of aliphatic carboxylic acids is 1. The summed E-state index contributed by atoms with van der Waals surface area (Å²) in [4.78, 5) is 35.6. The van der Waals surface area contributed by atoms with Crippen LogP contribution in [-0.4, -0.2) is 66.8 Å². The summed E-state index contributed by atoms with van der Waals surface area (Å²) in [6.45, 7) is 9.97. The molecule has 0 aliphatic carbocycles. The Bertz CT molecular complexity index is 754. The minimum atomic E-state index is -4.43. The van der Waals surface area contributed by atoms with Crippen molar-refractivity contribution in [3.63, 3.8) is 0 Å². The largest absolute Gasteiger partial charge is 0.480 e. The molecular formula is C18H33N3O8S. The van der Waals surface area contributed by atoms with Gasteiger partial charge in [0.2, 0.25) is 0 Å². The first-order chi connectivity index (χ1) is 13.5. The molecular weight excluding hydrogens is 418 g/mol. The molecule has 0 aromatic heterocycles. The fourth-order valence-electron chi connectivity index (χ4n) is 2.94. The number of ether oxygens (including phenoxy) is 2. The van der Waals surface area contributed by atoms with Crippen LogP contribution in [0.5, 0.6) is 0 Å². The highest BCUT2D eigenvalue weighted by Gasteiger charge is 2.52. The van der Waals surface area contributed by atoms with Crippen LogP contribution in [0.1, 0.15) is 60.8 Å². The molecule has 1 aliphatic rings. The lowest BCUT2D eigenvalue weighted by Crippen LogP contribution is -2.64. The number of rotatable bonds is 9. The molecule has 1 rings (SSSR count). The zero-order chi connectivity index (χ0) is 23.4.